The van der Waals surface area contributed by atoms with E-state index in [0.717, 1.165) is 18.5 Å². The smallest absolute Gasteiger partial charge is 0.0781 e. The van der Waals surface area contributed by atoms with Crippen molar-refractivity contribution in [1.29, 1.82) is 0 Å². The molecule has 1 rings (SSSR count). The number of aliphatic hydroxyl groups excluding tert-OH is 1. The third-order valence-corrected chi connectivity index (χ3v) is 4.52. The minimum Gasteiger partial charge on any atom is -0.396 e. The lowest BCUT2D eigenvalue weighted by Gasteiger charge is -2.27. The van der Waals surface area contributed by atoms with Gasteiger partial charge in [-0.3, -0.25) is 0 Å². The Bertz CT molecular complexity index is 435. The topological polar surface area (TPSA) is 32.3 Å². The lowest BCUT2D eigenvalue weighted by Crippen LogP contribution is -2.32. The molecule has 2 nitrogen and oxygen atoms in total. The molecule has 5 heteroatoms. The van der Waals surface area contributed by atoms with Crippen LogP contribution in [0.2, 0.25) is 15.1 Å². The lowest BCUT2D eigenvalue weighted by molar-refractivity contribution is 0.204. The molecule has 1 unspecified atom stereocenters. The van der Waals surface area contributed by atoms with Crippen LogP contribution in [0.1, 0.15) is 38.8 Å². The Morgan fingerprint density at radius 3 is 2.42 bits per heavy atom. The molecule has 108 valence electrons. The number of nitrogens with one attached hydrogen (secondary N) is 1. The van der Waals surface area contributed by atoms with Crippen molar-refractivity contribution in [2.24, 2.45) is 5.41 Å². The van der Waals surface area contributed by atoms with Crippen molar-refractivity contribution in [2.75, 3.05) is 13.2 Å². The molecule has 0 radical (unpaired) electrons. The van der Waals surface area contributed by atoms with Gasteiger partial charge in [-0.15, -0.1) is 0 Å². The first-order valence-electron chi connectivity index (χ1n) is 6.26. The number of aliphatic hydroxyl groups is 1. The normalized spacial score (nSPS) is 13.6. The van der Waals surface area contributed by atoms with Crippen molar-refractivity contribution in [3.63, 3.8) is 0 Å². The summed E-state index contributed by atoms with van der Waals surface area (Å²) < 4.78 is 0. The Morgan fingerprint density at radius 1 is 1.21 bits per heavy atom. The number of hydrogen-bond donors (Lipinski definition) is 2. The summed E-state index contributed by atoms with van der Waals surface area (Å²) in [6.45, 7) is 7.22. The maximum Gasteiger partial charge on any atom is 0.0781 e. The van der Waals surface area contributed by atoms with Crippen LogP contribution < -0.4 is 5.32 Å². The first-order chi connectivity index (χ1) is 8.78. The van der Waals surface area contributed by atoms with E-state index in [1.54, 1.807) is 6.07 Å². The van der Waals surface area contributed by atoms with Crippen molar-refractivity contribution < 1.29 is 5.11 Å². The summed E-state index contributed by atoms with van der Waals surface area (Å²) in [6, 6.07) is 3.70. The van der Waals surface area contributed by atoms with Gasteiger partial charge in [0.1, 0.15) is 0 Å². The highest BCUT2D eigenvalue weighted by atomic mass is 35.5. The molecule has 0 amide bonds. The predicted octanol–water partition coefficient (Wildman–Crippen LogP) is 4.71. The highest BCUT2D eigenvalue weighted by Gasteiger charge is 2.20. The number of benzene rings is 1. The fraction of sp³-hybridized carbons (Fsp3) is 0.571. The second kappa shape index (κ2) is 7.14. The zero-order valence-corrected chi connectivity index (χ0v) is 13.7. The van der Waals surface area contributed by atoms with E-state index in [2.05, 4.69) is 19.2 Å². The molecular weight excluding hydrogens is 305 g/mol. The van der Waals surface area contributed by atoms with Crippen LogP contribution in [0.5, 0.6) is 0 Å². The Kier molecular flexibility index (Phi) is 6.41. The molecule has 1 aromatic rings. The van der Waals surface area contributed by atoms with Crippen LogP contribution in [0.3, 0.4) is 0 Å². The Morgan fingerprint density at radius 2 is 1.84 bits per heavy atom. The molecule has 0 fully saturated rings. The molecule has 0 saturated carbocycles. The van der Waals surface area contributed by atoms with Crippen LogP contribution in [-0.4, -0.2) is 18.3 Å². The van der Waals surface area contributed by atoms with Crippen LogP contribution in [0.4, 0.5) is 0 Å². The van der Waals surface area contributed by atoms with Crippen LogP contribution in [0.15, 0.2) is 12.1 Å². The third kappa shape index (κ3) is 4.80. The van der Waals surface area contributed by atoms with Crippen LogP contribution >= 0.6 is 34.8 Å². The summed E-state index contributed by atoms with van der Waals surface area (Å²) in [5.41, 5.74) is 0.960. The molecule has 19 heavy (non-hydrogen) atoms. The second-order valence-electron chi connectivity index (χ2n) is 5.50. The van der Waals surface area contributed by atoms with Gasteiger partial charge in [-0.2, -0.15) is 0 Å². The molecule has 0 bridgehead atoms. The standard InChI is InChI=1S/C14H20Cl3NO/c1-9(18-8-14(2,3)6-7-19)10-4-5-11(15)13(17)12(10)16/h4-5,9,18-19H,6-8H2,1-3H3. The third-order valence-electron chi connectivity index (χ3n) is 3.21. The number of hydrogen-bond acceptors (Lipinski definition) is 2. The molecule has 0 heterocycles. The SMILES string of the molecule is CC(NCC(C)(C)CCO)c1ccc(Cl)c(Cl)c1Cl. The zero-order valence-electron chi connectivity index (χ0n) is 11.4. The molecule has 0 aliphatic rings. The summed E-state index contributed by atoms with van der Waals surface area (Å²) in [7, 11) is 0. The maximum absolute atomic E-state index is 9.01. The molecule has 0 aliphatic heterocycles. The van der Waals surface area contributed by atoms with Crippen LogP contribution in [0, 0.1) is 5.41 Å². The molecule has 0 aliphatic carbocycles. The molecule has 0 aromatic heterocycles. The first kappa shape index (κ1) is 17.1. The van der Waals surface area contributed by atoms with Crippen molar-refractivity contribution in [3.05, 3.63) is 32.8 Å². The van der Waals surface area contributed by atoms with Gasteiger partial charge in [0.05, 0.1) is 15.1 Å². The predicted molar refractivity (Wildman–Crippen MR) is 83.4 cm³/mol. The Balaban J connectivity index is 2.74. The van der Waals surface area contributed by atoms with Gasteiger partial charge in [0, 0.05) is 19.2 Å². The second-order valence-corrected chi connectivity index (χ2v) is 6.67. The lowest BCUT2D eigenvalue weighted by atomic mass is 9.89. The average Bonchev–Trinajstić information content (AvgIpc) is 2.33. The molecular formula is C14H20Cl3NO. The first-order valence-corrected chi connectivity index (χ1v) is 7.39. The van der Waals surface area contributed by atoms with Gasteiger partial charge in [0.2, 0.25) is 0 Å². The maximum atomic E-state index is 9.01. The summed E-state index contributed by atoms with van der Waals surface area (Å²) in [6.07, 6.45) is 0.752. The van der Waals surface area contributed by atoms with E-state index in [1.807, 2.05) is 13.0 Å². The highest BCUT2D eigenvalue weighted by molar-refractivity contribution is 6.48. The summed E-state index contributed by atoms with van der Waals surface area (Å²) in [4.78, 5) is 0. The molecule has 1 atom stereocenters. The van der Waals surface area contributed by atoms with Gasteiger partial charge in [-0.05, 0) is 30.4 Å². The monoisotopic (exact) mass is 323 g/mol. The van der Waals surface area contributed by atoms with Gasteiger partial charge in [0.25, 0.3) is 0 Å². The Hall–Kier alpha value is 0.01000. The minimum atomic E-state index is 0.0334. The van der Waals surface area contributed by atoms with Crippen molar-refractivity contribution >= 4 is 34.8 Å². The van der Waals surface area contributed by atoms with E-state index in [-0.39, 0.29) is 18.1 Å². The summed E-state index contributed by atoms with van der Waals surface area (Å²) in [5.74, 6) is 0. The van der Waals surface area contributed by atoms with Crippen molar-refractivity contribution in [1.82, 2.24) is 5.32 Å². The van der Waals surface area contributed by atoms with Gasteiger partial charge in [-0.25, -0.2) is 0 Å². The summed E-state index contributed by atoms with van der Waals surface area (Å²) in [5, 5.41) is 13.8. The minimum absolute atomic E-state index is 0.0334. The van der Waals surface area contributed by atoms with Crippen molar-refractivity contribution in [3.8, 4) is 0 Å². The zero-order chi connectivity index (χ0) is 14.6. The largest absolute Gasteiger partial charge is 0.396 e. The van der Waals surface area contributed by atoms with Gasteiger partial charge in [-0.1, -0.05) is 54.7 Å². The van der Waals surface area contributed by atoms with Gasteiger partial charge in [0.15, 0.2) is 0 Å². The van der Waals surface area contributed by atoms with E-state index in [0.29, 0.717) is 15.1 Å². The van der Waals surface area contributed by atoms with Crippen molar-refractivity contribution in [2.45, 2.75) is 33.2 Å². The Labute approximate surface area is 130 Å². The van der Waals surface area contributed by atoms with E-state index < -0.39 is 0 Å². The molecule has 2 N–H and O–H groups in total. The van der Waals surface area contributed by atoms with E-state index in [4.69, 9.17) is 39.9 Å². The summed E-state index contributed by atoms with van der Waals surface area (Å²) >= 11 is 18.2. The molecule has 1 aromatic carbocycles. The number of rotatable bonds is 6. The fourth-order valence-corrected chi connectivity index (χ4v) is 2.51. The quantitative estimate of drug-likeness (QED) is 0.743. The van der Waals surface area contributed by atoms with Gasteiger partial charge >= 0.3 is 0 Å². The molecule has 0 saturated heterocycles. The van der Waals surface area contributed by atoms with E-state index in [9.17, 15) is 0 Å². The molecule has 0 spiro atoms. The van der Waals surface area contributed by atoms with Crippen LogP contribution in [0.25, 0.3) is 0 Å². The van der Waals surface area contributed by atoms with E-state index >= 15 is 0 Å². The van der Waals surface area contributed by atoms with Gasteiger partial charge < -0.3 is 10.4 Å². The van der Waals surface area contributed by atoms with Crippen LogP contribution in [-0.2, 0) is 0 Å². The fourth-order valence-electron chi connectivity index (χ4n) is 1.81. The average molecular weight is 325 g/mol. The number of halogens is 3. The highest BCUT2D eigenvalue weighted by Crippen LogP contribution is 2.35. The van der Waals surface area contributed by atoms with E-state index in [1.165, 1.54) is 0 Å².